The summed E-state index contributed by atoms with van der Waals surface area (Å²) in [5.74, 6) is 0.704. The molecule has 0 aliphatic carbocycles. The number of nitrogens with one attached hydrogen (secondary N) is 1. The minimum Gasteiger partial charge on any atom is -0.508 e. The molecule has 3 aromatic heterocycles. The lowest BCUT2D eigenvalue weighted by atomic mass is 10.1. The van der Waals surface area contributed by atoms with Gasteiger partial charge in [0.15, 0.2) is 0 Å². The number of anilines is 1. The number of phenols is 1. The minimum atomic E-state index is 0.0598. The highest BCUT2D eigenvalue weighted by Gasteiger charge is 2.23. The molecule has 9 nitrogen and oxygen atoms in total. The first kappa shape index (κ1) is 19.5. The predicted molar refractivity (Wildman–Crippen MR) is 116 cm³/mol. The van der Waals surface area contributed by atoms with Gasteiger partial charge in [-0.15, -0.1) is 5.10 Å². The molecule has 1 aromatic carbocycles. The number of aromatic hydroxyl groups is 1. The van der Waals surface area contributed by atoms with E-state index in [0.717, 1.165) is 27.9 Å². The Labute approximate surface area is 179 Å². The lowest BCUT2D eigenvalue weighted by Gasteiger charge is -2.25. The summed E-state index contributed by atoms with van der Waals surface area (Å²) in [6, 6.07) is 9.54. The minimum absolute atomic E-state index is 0.0598. The molecular weight excluding hydrogens is 396 g/mol. The topological polar surface area (TPSA) is 98.7 Å². The largest absolute Gasteiger partial charge is 0.508 e. The number of ether oxygens (including phenoxy) is 2. The molecule has 5 rings (SSSR count). The van der Waals surface area contributed by atoms with Gasteiger partial charge in [0.1, 0.15) is 5.75 Å². The third-order valence-electron chi connectivity index (χ3n) is 5.36. The molecular formula is C22H24N6O3. The van der Waals surface area contributed by atoms with Crippen LogP contribution < -0.4 is 5.32 Å². The van der Waals surface area contributed by atoms with Crippen LogP contribution in [0.1, 0.15) is 13.0 Å². The molecule has 0 bridgehead atoms. The van der Waals surface area contributed by atoms with Gasteiger partial charge in [-0.1, -0.05) is 12.1 Å². The monoisotopic (exact) mass is 420 g/mol. The Kier molecular flexibility index (Phi) is 5.05. The van der Waals surface area contributed by atoms with E-state index < -0.39 is 0 Å². The number of nitrogens with zero attached hydrogens (tertiary/aromatic N) is 5. The summed E-state index contributed by atoms with van der Waals surface area (Å²) in [5.41, 5.74) is 4.52. The van der Waals surface area contributed by atoms with Gasteiger partial charge in [-0.2, -0.15) is 5.10 Å². The van der Waals surface area contributed by atoms with Crippen molar-refractivity contribution in [1.29, 1.82) is 0 Å². The van der Waals surface area contributed by atoms with E-state index in [1.165, 1.54) is 0 Å². The lowest BCUT2D eigenvalue weighted by molar-refractivity contribution is -0.0286. The maximum atomic E-state index is 10.0. The van der Waals surface area contributed by atoms with Crippen molar-refractivity contribution in [3.8, 4) is 28.1 Å². The zero-order valence-electron chi connectivity index (χ0n) is 17.4. The van der Waals surface area contributed by atoms with Crippen LogP contribution in [-0.4, -0.2) is 62.5 Å². The van der Waals surface area contributed by atoms with Crippen LogP contribution in [0.3, 0.4) is 0 Å². The molecule has 1 saturated heterocycles. The average molecular weight is 420 g/mol. The SMILES string of the molecule is COC[C@H](C)Nc1ncc2c(-c3cnn(C4COC4)c3)cc(-c3cccc(O)c3)n2n1. The van der Waals surface area contributed by atoms with Crippen LogP contribution in [-0.2, 0) is 9.47 Å². The highest BCUT2D eigenvalue weighted by molar-refractivity contribution is 5.86. The summed E-state index contributed by atoms with van der Waals surface area (Å²) >= 11 is 0. The van der Waals surface area contributed by atoms with Gasteiger partial charge in [0, 0.05) is 36.0 Å². The van der Waals surface area contributed by atoms with E-state index in [1.807, 2.05) is 40.6 Å². The normalized spacial score (nSPS) is 15.2. The maximum Gasteiger partial charge on any atom is 0.241 e. The highest BCUT2D eigenvalue weighted by Crippen LogP contribution is 2.34. The first-order chi connectivity index (χ1) is 15.1. The molecule has 1 atom stereocenters. The van der Waals surface area contributed by atoms with Crippen molar-refractivity contribution in [3.63, 3.8) is 0 Å². The summed E-state index contributed by atoms with van der Waals surface area (Å²) in [4.78, 5) is 4.51. The van der Waals surface area contributed by atoms with Crippen molar-refractivity contribution in [2.45, 2.75) is 19.0 Å². The molecule has 0 amide bonds. The lowest BCUT2D eigenvalue weighted by Crippen LogP contribution is -2.30. The van der Waals surface area contributed by atoms with E-state index in [-0.39, 0.29) is 17.8 Å². The van der Waals surface area contributed by atoms with E-state index in [2.05, 4.69) is 21.5 Å². The standard InChI is InChI=1S/C22H24N6O3/c1-14(11-30-2)25-22-23-9-21-19(16-8-24-27(10-16)17-12-31-13-17)7-20(28(21)26-22)15-4-3-5-18(29)6-15/h3-10,14,17,29H,11-13H2,1-2H3,(H,25,26)/t14-/m0/s1. The van der Waals surface area contributed by atoms with Crippen LogP contribution in [0.2, 0.25) is 0 Å². The van der Waals surface area contributed by atoms with E-state index in [0.29, 0.717) is 25.8 Å². The van der Waals surface area contributed by atoms with Gasteiger partial charge in [-0.05, 0) is 25.1 Å². The first-order valence-electron chi connectivity index (χ1n) is 10.2. The van der Waals surface area contributed by atoms with Crippen LogP contribution in [0.5, 0.6) is 5.75 Å². The Morgan fingerprint density at radius 1 is 1.26 bits per heavy atom. The van der Waals surface area contributed by atoms with E-state index in [4.69, 9.17) is 14.6 Å². The molecule has 0 spiro atoms. The molecule has 1 aliphatic heterocycles. The van der Waals surface area contributed by atoms with Crippen LogP contribution in [0, 0.1) is 0 Å². The first-order valence-corrected chi connectivity index (χ1v) is 10.2. The fourth-order valence-electron chi connectivity index (χ4n) is 3.72. The fraction of sp³-hybridized carbons (Fsp3) is 0.318. The molecule has 1 fully saturated rings. The number of benzene rings is 1. The van der Waals surface area contributed by atoms with Crippen molar-refractivity contribution >= 4 is 11.5 Å². The Morgan fingerprint density at radius 2 is 2.13 bits per heavy atom. The van der Waals surface area contributed by atoms with Gasteiger partial charge in [-0.25, -0.2) is 9.50 Å². The number of fused-ring (bicyclic) bond motifs is 1. The van der Waals surface area contributed by atoms with Crippen molar-refractivity contribution < 1.29 is 14.6 Å². The number of hydrogen-bond donors (Lipinski definition) is 2. The van der Waals surface area contributed by atoms with Crippen LogP contribution in [0.25, 0.3) is 27.9 Å². The molecule has 0 unspecified atom stereocenters. The molecule has 160 valence electrons. The number of phenolic OH excluding ortho intramolecular Hbond substituents is 1. The third-order valence-corrected chi connectivity index (χ3v) is 5.36. The average Bonchev–Trinajstić information content (AvgIpc) is 3.31. The summed E-state index contributed by atoms with van der Waals surface area (Å²) < 4.78 is 14.3. The Hall–Kier alpha value is -3.43. The van der Waals surface area contributed by atoms with Crippen LogP contribution in [0.4, 0.5) is 5.95 Å². The zero-order valence-corrected chi connectivity index (χ0v) is 17.4. The Bertz CT molecular complexity index is 1210. The molecule has 2 N–H and O–H groups in total. The smallest absolute Gasteiger partial charge is 0.241 e. The predicted octanol–water partition coefficient (Wildman–Crippen LogP) is 2.98. The van der Waals surface area contributed by atoms with Crippen molar-refractivity contribution in [1.82, 2.24) is 24.4 Å². The number of methoxy groups -OCH3 is 1. The van der Waals surface area contributed by atoms with E-state index in [9.17, 15) is 5.11 Å². The highest BCUT2D eigenvalue weighted by atomic mass is 16.5. The van der Waals surface area contributed by atoms with E-state index >= 15 is 0 Å². The van der Waals surface area contributed by atoms with Gasteiger partial charge in [0.25, 0.3) is 0 Å². The second-order valence-corrected chi connectivity index (χ2v) is 7.77. The van der Waals surface area contributed by atoms with Gasteiger partial charge in [0.2, 0.25) is 5.95 Å². The number of hydrogen-bond acceptors (Lipinski definition) is 7. The fourth-order valence-corrected chi connectivity index (χ4v) is 3.72. The molecule has 0 saturated carbocycles. The second kappa shape index (κ2) is 8.01. The summed E-state index contributed by atoms with van der Waals surface area (Å²) in [6.07, 6.45) is 5.69. The van der Waals surface area contributed by atoms with Crippen molar-refractivity contribution in [3.05, 3.63) is 48.9 Å². The van der Waals surface area contributed by atoms with Crippen LogP contribution >= 0.6 is 0 Å². The second-order valence-electron chi connectivity index (χ2n) is 7.77. The van der Waals surface area contributed by atoms with Gasteiger partial charge in [0.05, 0.1) is 49.5 Å². The summed E-state index contributed by atoms with van der Waals surface area (Å²) in [6.45, 7) is 3.92. The third kappa shape index (κ3) is 3.73. The number of aromatic nitrogens is 5. The van der Waals surface area contributed by atoms with Crippen molar-refractivity contribution in [2.75, 3.05) is 32.2 Å². The summed E-state index contributed by atoms with van der Waals surface area (Å²) in [5, 5.41) is 22.5. The Balaban J connectivity index is 1.61. The van der Waals surface area contributed by atoms with Gasteiger partial charge >= 0.3 is 0 Å². The van der Waals surface area contributed by atoms with Crippen LogP contribution in [0.15, 0.2) is 48.9 Å². The molecule has 0 radical (unpaired) electrons. The summed E-state index contributed by atoms with van der Waals surface area (Å²) in [7, 11) is 1.66. The number of rotatable bonds is 7. The van der Waals surface area contributed by atoms with E-state index in [1.54, 1.807) is 25.4 Å². The molecule has 4 heterocycles. The van der Waals surface area contributed by atoms with Crippen molar-refractivity contribution in [2.24, 2.45) is 0 Å². The molecule has 9 heteroatoms. The van der Waals surface area contributed by atoms with Gasteiger partial charge < -0.3 is 19.9 Å². The molecule has 4 aromatic rings. The maximum absolute atomic E-state index is 10.0. The molecule has 1 aliphatic rings. The van der Waals surface area contributed by atoms with Gasteiger partial charge in [-0.3, -0.25) is 4.68 Å². The quantitative estimate of drug-likeness (QED) is 0.474. The zero-order chi connectivity index (χ0) is 21.4. The Morgan fingerprint density at radius 3 is 2.87 bits per heavy atom. The molecule has 31 heavy (non-hydrogen) atoms.